The number of aromatic nitrogens is 2. The Morgan fingerprint density at radius 3 is 2.10 bits per heavy atom. The minimum atomic E-state index is 0.314. The molecule has 1 aromatic heterocycles. The summed E-state index contributed by atoms with van der Waals surface area (Å²) in [5.74, 6) is 0.492. The molecule has 2 aromatic carbocycles. The molecule has 0 saturated heterocycles. The molecule has 104 valence electrons. The lowest BCUT2D eigenvalue weighted by atomic mass is 10.0. The summed E-state index contributed by atoms with van der Waals surface area (Å²) in [6.07, 6.45) is 1.44. The molecule has 3 aromatic rings. The highest BCUT2D eigenvalue weighted by molar-refractivity contribution is 6.31. The fourth-order valence-electron chi connectivity index (χ4n) is 2.19. The van der Waals surface area contributed by atoms with Gasteiger partial charge in [0, 0.05) is 5.56 Å². The highest BCUT2D eigenvalue weighted by Gasteiger charge is 2.12. The van der Waals surface area contributed by atoms with Gasteiger partial charge >= 0.3 is 0 Å². The minimum Gasteiger partial charge on any atom is -0.491 e. The van der Waals surface area contributed by atoms with E-state index >= 15 is 0 Å². The van der Waals surface area contributed by atoms with Crippen LogP contribution in [0.5, 0.6) is 5.75 Å². The monoisotopic (exact) mass is 296 g/mol. The third kappa shape index (κ3) is 2.73. The molecular weight excluding hydrogens is 284 g/mol. The van der Waals surface area contributed by atoms with E-state index in [4.69, 9.17) is 16.3 Å². The maximum absolute atomic E-state index is 6.03. The molecule has 0 unspecified atom stereocenters. The van der Waals surface area contributed by atoms with E-state index in [2.05, 4.69) is 34.2 Å². The molecule has 3 nitrogen and oxygen atoms in total. The Hall–Kier alpha value is -2.39. The minimum absolute atomic E-state index is 0.314. The summed E-state index contributed by atoms with van der Waals surface area (Å²) in [5.41, 5.74) is 3.96. The van der Waals surface area contributed by atoms with Crippen molar-refractivity contribution in [2.75, 3.05) is 7.11 Å². The van der Waals surface area contributed by atoms with Crippen molar-refractivity contribution < 1.29 is 4.74 Å². The molecule has 3 rings (SSSR count). The molecule has 0 spiro atoms. The number of hydrogen-bond donors (Lipinski definition) is 0. The van der Waals surface area contributed by atoms with E-state index in [9.17, 15) is 0 Å². The van der Waals surface area contributed by atoms with E-state index in [0.717, 1.165) is 11.1 Å². The lowest BCUT2D eigenvalue weighted by molar-refractivity contribution is 0.413. The molecule has 0 N–H and O–H groups in total. The summed E-state index contributed by atoms with van der Waals surface area (Å²) in [5, 5.41) is 0.314. The van der Waals surface area contributed by atoms with E-state index in [1.807, 2.05) is 30.3 Å². The summed E-state index contributed by atoms with van der Waals surface area (Å²) in [4.78, 5) is 8.19. The molecule has 0 radical (unpaired) electrons. The predicted octanol–water partition coefficient (Wildman–Crippen LogP) is 4.47. The Labute approximate surface area is 128 Å². The second-order valence-corrected chi connectivity index (χ2v) is 4.85. The first-order valence-electron chi connectivity index (χ1n) is 6.50. The third-order valence-corrected chi connectivity index (χ3v) is 3.50. The second kappa shape index (κ2) is 5.94. The molecule has 0 aliphatic carbocycles. The van der Waals surface area contributed by atoms with Gasteiger partial charge in [0.2, 0.25) is 0 Å². The second-order valence-electron chi connectivity index (χ2n) is 4.49. The maximum atomic E-state index is 6.03. The summed E-state index contributed by atoms with van der Waals surface area (Å²) < 4.78 is 5.29. The van der Waals surface area contributed by atoms with Crippen LogP contribution in [0.4, 0.5) is 0 Å². The lowest BCUT2D eigenvalue weighted by Gasteiger charge is -2.09. The van der Waals surface area contributed by atoms with Crippen LogP contribution < -0.4 is 4.74 Å². The lowest BCUT2D eigenvalue weighted by Crippen LogP contribution is -1.94. The van der Waals surface area contributed by atoms with Gasteiger partial charge in [0.15, 0.2) is 10.9 Å². The normalized spacial score (nSPS) is 10.4. The third-order valence-electron chi connectivity index (χ3n) is 3.23. The van der Waals surface area contributed by atoms with Crippen LogP contribution in [0.3, 0.4) is 0 Å². The van der Waals surface area contributed by atoms with Gasteiger partial charge in [-0.2, -0.15) is 0 Å². The van der Waals surface area contributed by atoms with Gasteiger partial charge in [-0.15, -0.1) is 0 Å². The van der Waals surface area contributed by atoms with Gasteiger partial charge in [0.05, 0.1) is 7.11 Å². The predicted molar refractivity (Wildman–Crippen MR) is 84.5 cm³/mol. The highest BCUT2D eigenvalue weighted by atomic mass is 35.5. The first-order valence-corrected chi connectivity index (χ1v) is 6.87. The average Bonchev–Trinajstić information content (AvgIpc) is 2.55. The molecule has 0 bridgehead atoms. The number of ether oxygens (including phenoxy) is 1. The number of rotatable bonds is 3. The molecule has 0 atom stereocenters. The van der Waals surface area contributed by atoms with Crippen LogP contribution in [-0.2, 0) is 0 Å². The van der Waals surface area contributed by atoms with Gasteiger partial charge in [-0.05, 0) is 11.1 Å². The average molecular weight is 297 g/mol. The molecule has 0 amide bonds. The molecule has 21 heavy (non-hydrogen) atoms. The van der Waals surface area contributed by atoms with Crippen molar-refractivity contribution in [1.29, 1.82) is 0 Å². The van der Waals surface area contributed by atoms with Gasteiger partial charge in [-0.3, -0.25) is 0 Å². The number of benzene rings is 2. The number of nitrogens with zero attached hydrogens (tertiary/aromatic N) is 2. The highest BCUT2D eigenvalue weighted by Crippen LogP contribution is 2.33. The zero-order valence-electron chi connectivity index (χ0n) is 11.5. The van der Waals surface area contributed by atoms with Crippen molar-refractivity contribution in [2.24, 2.45) is 0 Å². The van der Waals surface area contributed by atoms with Gasteiger partial charge in [0.25, 0.3) is 0 Å². The van der Waals surface area contributed by atoms with E-state index < -0.39 is 0 Å². The largest absolute Gasteiger partial charge is 0.491 e. The van der Waals surface area contributed by atoms with Crippen molar-refractivity contribution in [1.82, 2.24) is 9.97 Å². The SMILES string of the molecule is COc1c(Cl)ncnc1-c1ccc(-c2ccccc2)cc1. The molecule has 4 heteroatoms. The molecule has 0 saturated carbocycles. The van der Waals surface area contributed by atoms with Crippen LogP contribution in [0, 0.1) is 0 Å². The van der Waals surface area contributed by atoms with E-state index in [0.29, 0.717) is 16.6 Å². The Balaban J connectivity index is 2.01. The summed E-state index contributed by atoms with van der Waals surface area (Å²) >= 11 is 6.03. The Morgan fingerprint density at radius 1 is 0.810 bits per heavy atom. The summed E-state index contributed by atoms with van der Waals surface area (Å²) in [6, 6.07) is 18.3. The van der Waals surface area contributed by atoms with Gasteiger partial charge < -0.3 is 4.74 Å². The van der Waals surface area contributed by atoms with Gasteiger partial charge in [0.1, 0.15) is 12.0 Å². The zero-order valence-corrected chi connectivity index (χ0v) is 12.2. The van der Waals surface area contributed by atoms with Crippen LogP contribution in [0.15, 0.2) is 60.9 Å². The molecule has 1 heterocycles. The first-order chi connectivity index (χ1) is 10.3. The summed E-state index contributed by atoms with van der Waals surface area (Å²) in [7, 11) is 1.56. The van der Waals surface area contributed by atoms with Crippen LogP contribution >= 0.6 is 11.6 Å². The molecule has 0 aliphatic rings. The Bertz CT molecular complexity index is 742. The van der Waals surface area contributed by atoms with Crippen molar-refractivity contribution in [3.05, 3.63) is 66.1 Å². The topological polar surface area (TPSA) is 35.0 Å². The summed E-state index contributed by atoms with van der Waals surface area (Å²) in [6.45, 7) is 0. The van der Waals surface area contributed by atoms with Gasteiger partial charge in [-0.1, -0.05) is 66.2 Å². The molecule has 0 fully saturated rings. The fraction of sp³-hybridized carbons (Fsp3) is 0.0588. The standard InChI is InChI=1S/C17H13ClN2O/c1-21-16-15(19-11-20-17(16)18)14-9-7-13(8-10-14)12-5-3-2-4-6-12/h2-11H,1H3. The van der Waals surface area contributed by atoms with Crippen molar-refractivity contribution in [2.45, 2.75) is 0 Å². The van der Waals surface area contributed by atoms with E-state index in [1.165, 1.54) is 11.9 Å². The van der Waals surface area contributed by atoms with Crippen LogP contribution in [0.25, 0.3) is 22.4 Å². The fourth-order valence-corrected chi connectivity index (χ4v) is 2.40. The molecule has 0 aliphatic heterocycles. The Morgan fingerprint density at radius 2 is 1.43 bits per heavy atom. The number of hydrogen-bond acceptors (Lipinski definition) is 3. The van der Waals surface area contributed by atoms with E-state index in [1.54, 1.807) is 7.11 Å². The first kappa shape index (κ1) is 13.6. The van der Waals surface area contributed by atoms with Crippen LogP contribution in [-0.4, -0.2) is 17.1 Å². The van der Waals surface area contributed by atoms with Crippen LogP contribution in [0.2, 0.25) is 5.15 Å². The molecular formula is C17H13ClN2O. The van der Waals surface area contributed by atoms with Crippen molar-refractivity contribution >= 4 is 11.6 Å². The van der Waals surface area contributed by atoms with Gasteiger partial charge in [-0.25, -0.2) is 9.97 Å². The van der Waals surface area contributed by atoms with Crippen LogP contribution in [0.1, 0.15) is 0 Å². The Kier molecular flexibility index (Phi) is 3.84. The van der Waals surface area contributed by atoms with Crippen molar-refractivity contribution in [3.63, 3.8) is 0 Å². The number of methoxy groups -OCH3 is 1. The number of halogens is 1. The zero-order chi connectivity index (χ0) is 14.7. The maximum Gasteiger partial charge on any atom is 0.182 e. The van der Waals surface area contributed by atoms with Crippen molar-refractivity contribution in [3.8, 4) is 28.1 Å². The van der Waals surface area contributed by atoms with E-state index in [-0.39, 0.29) is 0 Å². The quantitative estimate of drug-likeness (QED) is 0.669. The smallest absolute Gasteiger partial charge is 0.182 e.